The quantitative estimate of drug-likeness (QED) is 0.0458. The van der Waals surface area contributed by atoms with Crippen molar-refractivity contribution in [3.8, 4) is 0 Å². The molecule has 1 rings (SSSR count). The molecule has 1 aromatic heterocycles. The second-order valence-corrected chi connectivity index (χ2v) is 18.9. The Morgan fingerprint density at radius 3 is 0.607 bits per heavy atom. The van der Waals surface area contributed by atoms with E-state index in [0.29, 0.717) is 5.54 Å². The third-order valence-corrected chi connectivity index (χ3v) is 13.5. The number of aromatic nitrogens is 1. The Kier molecular flexibility index (Phi) is 41.5. The highest BCUT2D eigenvalue weighted by Crippen LogP contribution is 2.32. The van der Waals surface area contributed by atoms with Gasteiger partial charge in [-0.1, -0.05) is 284 Å². The Balaban J connectivity index is 2.38. The van der Waals surface area contributed by atoms with Crippen molar-refractivity contribution < 1.29 is 4.57 Å². The normalized spacial score (nSPS) is 11.9. The molecule has 0 unspecified atom stereocenters. The average Bonchev–Trinajstić information content (AvgIpc) is 3.22. The van der Waals surface area contributed by atoms with Crippen LogP contribution in [0.25, 0.3) is 0 Å². The molecular formula is C55H106N+. The van der Waals surface area contributed by atoms with Gasteiger partial charge in [0.05, 0.1) is 0 Å². The third-order valence-electron chi connectivity index (χ3n) is 13.5. The fourth-order valence-corrected chi connectivity index (χ4v) is 9.60. The first kappa shape index (κ1) is 53.2. The monoisotopic (exact) mass is 781 g/mol. The van der Waals surface area contributed by atoms with Gasteiger partial charge in [0, 0.05) is 31.4 Å². The van der Waals surface area contributed by atoms with Crippen LogP contribution in [0.15, 0.2) is 30.6 Å². The van der Waals surface area contributed by atoms with E-state index < -0.39 is 0 Å². The summed E-state index contributed by atoms with van der Waals surface area (Å²) in [4.78, 5) is 0. The second kappa shape index (κ2) is 43.7. The molecule has 0 fully saturated rings. The highest BCUT2D eigenvalue weighted by molar-refractivity contribution is 4.86. The molecule has 0 atom stereocenters. The van der Waals surface area contributed by atoms with E-state index in [0.717, 1.165) is 0 Å². The molecule has 0 N–H and O–H groups in total. The van der Waals surface area contributed by atoms with Crippen molar-refractivity contribution in [1.29, 1.82) is 0 Å². The van der Waals surface area contributed by atoms with Crippen LogP contribution in [0.3, 0.4) is 0 Å². The van der Waals surface area contributed by atoms with Crippen molar-refractivity contribution in [3.63, 3.8) is 0 Å². The summed E-state index contributed by atoms with van der Waals surface area (Å²) in [5.74, 6) is 0. The number of rotatable bonds is 47. The van der Waals surface area contributed by atoms with Crippen molar-refractivity contribution in [2.45, 2.75) is 322 Å². The van der Waals surface area contributed by atoms with Crippen LogP contribution in [-0.4, -0.2) is 0 Å². The lowest BCUT2D eigenvalue weighted by atomic mass is 9.81. The van der Waals surface area contributed by atoms with E-state index in [2.05, 4.69) is 55.9 Å². The van der Waals surface area contributed by atoms with Crippen LogP contribution in [0.5, 0.6) is 0 Å². The van der Waals surface area contributed by atoms with E-state index in [-0.39, 0.29) is 0 Å². The largest absolute Gasteiger partial charge is 0.200 e. The molecule has 0 spiro atoms. The predicted octanol–water partition coefficient (Wildman–Crippen LogP) is 19.7. The van der Waals surface area contributed by atoms with Gasteiger partial charge in [-0.3, -0.25) is 0 Å². The van der Waals surface area contributed by atoms with Gasteiger partial charge in [-0.15, -0.1) is 0 Å². The van der Waals surface area contributed by atoms with Crippen LogP contribution < -0.4 is 4.57 Å². The lowest BCUT2D eigenvalue weighted by Crippen LogP contribution is -2.55. The molecule has 0 aromatic carbocycles. The number of hydrogen-bond donors (Lipinski definition) is 0. The van der Waals surface area contributed by atoms with Crippen LogP contribution in [0, 0.1) is 0 Å². The zero-order valence-electron chi connectivity index (χ0n) is 39.4. The first-order valence-corrected chi connectivity index (χ1v) is 26.8. The molecule has 0 bridgehead atoms. The fraction of sp³-hybridized carbons (Fsp3) is 0.909. The molecule has 0 saturated heterocycles. The SMILES string of the molecule is CCCCCCCCCCCCCCCCCCCC(CCCCCCCCCCC)(CCCCCCCCCCCCCCCCCCC)[n+]1ccccc1. The molecule has 0 amide bonds. The molecule has 1 heteroatoms. The summed E-state index contributed by atoms with van der Waals surface area (Å²) in [5, 5.41) is 0. The molecule has 0 aliphatic heterocycles. The van der Waals surface area contributed by atoms with Gasteiger partial charge < -0.3 is 0 Å². The predicted molar refractivity (Wildman–Crippen MR) is 254 cm³/mol. The standard InChI is InChI=1S/C55H106N/c1-4-7-10-13-16-19-21-23-25-27-29-31-33-36-39-42-46-51-55(56-53-48-44-49-54-56,50-45-41-38-35-18-15-12-9-6-3)52-47-43-40-37-34-32-30-28-26-24-22-20-17-14-11-8-5-2/h44,48-49,53-54H,4-43,45-47,50-52H2,1-3H3/q+1. The van der Waals surface area contributed by atoms with Gasteiger partial charge in [-0.05, 0) is 19.3 Å². The summed E-state index contributed by atoms with van der Waals surface area (Å²) in [5.41, 5.74) is 0.327. The van der Waals surface area contributed by atoms with E-state index in [1.54, 1.807) is 0 Å². The minimum Gasteiger partial charge on any atom is -0.200 e. The highest BCUT2D eigenvalue weighted by atomic mass is 15.0. The van der Waals surface area contributed by atoms with E-state index in [4.69, 9.17) is 0 Å². The van der Waals surface area contributed by atoms with E-state index in [1.165, 1.54) is 295 Å². The van der Waals surface area contributed by atoms with E-state index in [1.807, 2.05) is 0 Å². The van der Waals surface area contributed by atoms with Gasteiger partial charge in [-0.25, -0.2) is 0 Å². The summed E-state index contributed by atoms with van der Waals surface area (Å²) >= 11 is 0. The molecule has 0 aliphatic carbocycles. The van der Waals surface area contributed by atoms with Crippen molar-refractivity contribution in [2.24, 2.45) is 0 Å². The lowest BCUT2D eigenvalue weighted by molar-refractivity contribution is -0.768. The van der Waals surface area contributed by atoms with Crippen LogP contribution in [0.2, 0.25) is 0 Å². The molecule has 1 nitrogen and oxygen atoms in total. The maximum atomic E-state index is 2.69. The van der Waals surface area contributed by atoms with Gasteiger partial charge in [0.25, 0.3) is 0 Å². The van der Waals surface area contributed by atoms with Crippen molar-refractivity contribution in [3.05, 3.63) is 30.6 Å². The van der Waals surface area contributed by atoms with Crippen molar-refractivity contribution >= 4 is 0 Å². The van der Waals surface area contributed by atoms with E-state index in [9.17, 15) is 0 Å². The zero-order chi connectivity index (χ0) is 40.1. The Bertz CT molecular complexity index is 808. The summed E-state index contributed by atoms with van der Waals surface area (Å²) in [6.45, 7) is 6.97. The highest BCUT2D eigenvalue weighted by Gasteiger charge is 2.37. The smallest absolute Gasteiger partial charge is 0.169 e. The minimum absolute atomic E-state index is 0.327. The number of hydrogen-bond acceptors (Lipinski definition) is 0. The summed E-state index contributed by atoms with van der Waals surface area (Å²) in [6.07, 6.45) is 71.4. The molecule has 0 radical (unpaired) electrons. The van der Waals surface area contributed by atoms with Crippen LogP contribution in [-0.2, 0) is 5.54 Å². The zero-order valence-corrected chi connectivity index (χ0v) is 39.4. The fourth-order valence-electron chi connectivity index (χ4n) is 9.60. The number of pyridine rings is 1. The van der Waals surface area contributed by atoms with Crippen molar-refractivity contribution in [2.75, 3.05) is 0 Å². The Hall–Kier alpha value is -0.850. The Morgan fingerprint density at radius 1 is 0.232 bits per heavy atom. The van der Waals surface area contributed by atoms with Gasteiger partial charge in [0.2, 0.25) is 0 Å². The molecular weight excluding hydrogens is 675 g/mol. The summed E-state index contributed by atoms with van der Waals surface area (Å²) in [7, 11) is 0. The van der Waals surface area contributed by atoms with Crippen LogP contribution >= 0.6 is 0 Å². The van der Waals surface area contributed by atoms with Gasteiger partial charge in [-0.2, -0.15) is 4.57 Å². The molecule has 0 aliphatic rings. The Morgan fingerprint density at radius 2 is 0.411 bits per heavy atom. The summed E-state index contributed by atoms with van der Waals surface area (Å²) < 4.78 is 2.69. The second-order valence-electron chi connectivity index (χ2n) is 18.9. The van der Waals surface area contributed by atoms with Gasteiger partial charge in [0.15, 0.2) is 17.9 Å². The summed E-state index contributed by atoms with van der Waals surface area (Å²) in [6, 6.07) is 6.83. The molecule has 1 aromatic rings. The molecule has 330 valence electrons. The Labute approximate surface area is 355 Å². The van der Waals surface area contributed by atoms with Crippen molar-refractivity contribution in [1.82, 2.24) is 0 Å². The third kappa shape index (κ3) is 34.1. The topological polar surface area (TPSA) is 3.88 Å². The molecule has 1 heterocycles. The van der Waals surface area contributed by atoms with E-state index >= 15 is 0 Å². The first-order valence-electron chi connectivity index (χ1n) is 26.8. The molecule has 0 saturated carbocycles. The first-order chi connectivity index (χ1) is 27.8. The number of nitrogens with zero attached hydrogens (tertiary/aromatic N) is 1. The van der Waals surface area contributed by atoms with Gasteiger partial charge in [0.1, 0.15) is 0 Å². The minimum atomic E-state index is 0.327. The average molecular weight is 781 g/mol. The van der Waals surface area contributed by atoms with Crippen LogP contribution in [0.4, 0.5) is 0 Å². The van der Waals surface area contributed by atoms with Gasteiger partial charge >= 0.3 is 0 Å². The number of unbranched alkanes of at least 4 members (excludes halogenated alkanes) is 40. The van der Waals surface area contributed by atoms with Crippen LogP contribution in [0.1, 0.15) is 316 Å². The maximum absolute atomic E-state index is 2.69. The maximum Gasteiger partial charge on any atom is 0.169 e. The molecule has 56 heavy (non-hydrogen) atoms. The lowest BCUT2D eigenvalue weighted by Gasteiger charge is -2.29.